The van der Waals surface area contributed by atoms with E-state index in [-0.39, 0.29) is 11.7 Å². The average molecular weight is 267 g/mol. The number of aromatic carboxylic acids is 1. The zero-order valence-corrected chi connectivity index (χ0v) is 11.3. The molecular formula is C13H21N3O3. The van der Waals surface area contributed by atoms with E-state index >= 15 is 0 Å². The Labute approximate surface area is 113 Å². The largest absolute Gasteiger partial charge is 0.478 e. The number of unbranched alkanes of at least 4 members (excludes halogenated alkanes) is 1. The molecule has 1 aromatic heterocycles. The Morgan fingerprint density at radius 3 is 2.84 bits per heavy atom. The number of anilines is 2. The molecule has 106 valence electrons. The first-order valence-corrected chi connectivity index (χ1v) is 6.35. The van der Waals surface area contributed by atoms with Crippen LogP contribution in [0, 0.1) is 0 Å². The van der Waals surface area contributed by atoms with Gasteiger partial charge in [0.1, 0.15) is 5.82 Å². The quantitative estimate of drug-likeness (QED) is 0.623. The van der Waals surface area contributed by atoms with Gasteiger partial charge in [-0.25, -0.2) is 9.78 Å². The molecule has 1 aromatic rings. The van der Waals surface area contributed by atoms with Crippen LogP contribution in [0.25, 0.3) is 0 Å². The Morgan fingerprint density at radius 2 is 2.26 bits per heavy atom. The van der Waals surface area contributed by atoms with Crippen molar-refractivity contribution in [3.05, 3.63) is 17.8 Å². The van der Waals surface area contributed by atoms with Crippen LogP contribution in [0.2, 0.25) is 0 Å². The number of ether oxygens (including phenoxy) is 1. The Kier molecular flexibility index (Phi) is 6.08. The van der Waals surface area contributed by atoms with Gasteiger partial charge in [-0.1, -0.05) is 0 Å². The number of nitrogens with two attached hydrogens (primary N) is 1. The van der Waals surface area contributed by atoms with Gasteiger partial charge in [0.25, 0.3) is 0 Å². The third-order valence-corrected chi connectivity index (χ3v) is 2.48. The summed E-state index contributed by atoms with van der Waals surface area (Å²) in [5.74, 6) is -0.508. The lowest BCUT2D eigenvalue weighted by molar-refractivity contribution is 0.0696. The highest BCUT2D eigenvalue weighted by atomic mass is 16.5. The number of carbonyl (C=O) groups is 1. The highest BCUT2D eigenvalue weighted by Crippen LogP contribution is 2.16. The van der Waals surface area contributed by atoms with Gasteiger partial charge in [-0.3, -0.25) is 0 Å². The molecular weight excluding hydrogens is 246 g/mol. The number of nitrogens with one attached hydrogen (secondary N) is 1. The zero-order chi connectivity index (χ0) is 14.3. The Hall–Kier alpha value is -1.82. The molecule has 0 aliphatic heterocycles. The third kappa shape index (κ3) is 5.56. The van der Waals surface area contributed by atoms with Crippen molar-refractivity contribution in [3.63, 3.8) is 0 Å². The lowest BCUT2D eigenvalue weighted by atomic mass is 10.2. The molecule has 0 atom stereocenters. The minimum Gasteiger partial charge on any atom is -0.478 e. The van der Waals surface area contributed by atoms with Gasteiger partial charge in [0, 0.05) is 19.3 Å². The first kappa shape index (κ1) is 15.2. The molecule has 4 N–H and O–H groups in total. The fourth-order valence-corrected chi connectivity index (χ4v) is 1.50. The smallest absolute Gasteiger partial charge is 0.337 e. The first-order chi connectivity index (χ1) is 9.00. The number of pyridine rings is 1. The van der Waals surface area contributed by atoms with Crippen LogP contribution < -0.4 is 11.1 Å². The second-order valence-corrected chi connectivity index (χ2v) is 4.52. The van der Waals surface area contributed by atoms with Gasteiger partial charge in [0.2, 0.25) is 0 Å². The van der Waals surface area contributed by atoms with E-state index < -0.39 is 5.97 Å². The Balaban J connectivity index is 2.32. The molecule has 0 aliphatic rings. The number of carboxylic acids is 1. The van der Waals surface area contributed by atoms with E-state index in [1.54, 1.807) is 0 Å². The predicted octanol–water partition coefficient (Wildman–Crippen LogP) is 1.98. The van der Waals surface area contributed by atoms with Crippen LogP contribution in [0.15, 0.2) is 12.3 Å². The molecule has 0 aliphatic carbocycles. The summed E-state index contributed by atoms with van der Waals surface area (Å²) < 4.78 is 5.43. The molecule has 0 saturated carbocycles. The van der Waals surface area contributed by atoms with Crippen molar-refractivity contribution in [1.82, 2.24) is 4.98 Å². The van der Waals surface area contributed by atoms with Crippen molar-refractivity contribution in [2.45, 2.75) is 32.8 Å². The van der Waals surface area contributed by atoms with Gasteiger partial charge in [-0.05, 0) is 32.8 Å². The molecule has 19 heavy (non-hydrogen) atoms. The number of nitrogens with zero attached hydrogens (tertiary/aromatic N) is 1. The fraction of sp³-hybridized carbons (Fsp3) is 0.538. The van der Waals surface area contributed by atoms with Crippen molar-refractivity contribution in [2.24, 2.45) is 0 Å². The van der Waals surface area contributed by atoms with Crippen LogP contribution in [0.3, 0.4) is 0 Å². The van der Waals surface area contributed by atoms with Crippen LogP contribution in [-0.4, -0.2) is 35.3 Å². The second kappa shape index (κ2) is 7.58. The van der Waals surface area contributed by atoms with E-state index in [2.05, 4.69) is 10.3 Å². The number of nitrogen functional groups attached to an aromatic ring is 1. The highest BCUT2D eigenvalue weighted by molar-refractivity contribution is 5.89. The minimum absolute atomic E-state index is 0.0911. The molecule has 0 aromatic carbocycles. The second-order valence-electron chi connectivity index (χ2n) is 4.52. The van der Waals surface area contributed by atoms with Crippen molar-refractivity contribution >= 4 is 17.5 Å². The average Bonchev–Trinajstić information content (AvgIpc) is 2.34. The molecule has 0 saturated heterocycles. The molecule has 6 nitrogen and oxygen atoms in total. The minimum atomic E-state index is -1.03. The van der Waals surface area contributed by atoms with Gasteiger partial charge in [0.15, 0.2) is 0 Å². The molecule has 0 bridgehead atoms. The van der Waals surface area contributed by atoms with E-state index in [0.29, 0.717) is 11.5 Å². The lowest BCUT2D eigenvalue weighted by Crippen LogP contribution is -2.10. The van der Waals surface area contributed by atoms with Crippen molar-refractivity contribution in [3.8, 4) is 0 Å². The molecule has 6 heteroatoms. The Morgan fingerprint density at radius 1 is 1.53 bits per heavy atom. The summed E-state index contributed by atoms with van der Waals surface area (Å²) in [5, 5.41) is 11.9. The standard InChI is InChI=1S/C13H21N3O3/c1-9(2)19-6-4-3-5-15-12-11(14)7-10(8-16-12)13(17)18/h7-9H,3-6,14H2,1-2H3,(H,15,16)(H,17,18). The zero-order valence-electron chi connectivity index (χ0n) is 11.3. The summed E-state index contributed by atoms with van der Waals surface area (Å²) in [4.78, 5) is 14.7. The SMILES string of the molecule is CC(C)OCCCCNc1ncc(C(=O)O)cc1N. The van der Waals surface area contributed by atoms with E-state index in [1.165, 1.54) is 12.3 Å². The highest BCUT2D eigenvalue weighted by Gasteiger charge is 2.07. The van der Waals surface area contributed by atoms with E-state index in [1.807, 2.05) is 13.8 Å². The number of aromatic nitrogens is 1. The van der Waals surface area contributed by atoms with E-state index in [4.69, 9.17) is 15.6 Å². The summed E-state index contributed by atoms with van der Waals surface area (Å²) in [6, 6.07) is 1.40. The van der Waals surface area contributed by atoms with Crippen LogP contribution in [0.5, 0.6) is 0 Å². The monoisotopic (exact) mass is 267 g/mol. The van der Waals surface area contributed by atoms with Crippen LogP contribution in [0.4, 0.5) is 11.5 Å². The third-order valence-electron chi connectivity index (χ3n) is 2.48. The van der Waals surface area contributed by atoms with E-state index in [0.717, 1.165) is 26.0 Å². The van der Waals surface area contributed by atoms with Gasteiger partial charge >= 0.3 is 5.97 Å². The number of hydrogen-bond acceptors (Lipinski definition) is 5. The summed E-state index contributed by atoms with van der Waals surface area (Å²) >= 11 is 0. The van der Waals surface area contributed by atoms with E-state index in [9.17, 15) is 4.79 Å². The van der Waals surface area contributed by atoms with Crippen LogP contribution in [-0.2, 0) is 4.74 Å². The van der Waals surface area contributed by atoms with Gasteiger partial charge in [-0.15, -0.1) is 0 Å². The number of rotatable bonds is 8. The molecule has 1 heterocycles. The summed E-state index contributed by atoms with van der Waals surface area (Å²) in [6.45, 7) is 5.48. The Bertz CT molecular complexity index is 422. The maximum Gasteiger partial charge on any atom is 0.337 e. The first-order valence-electron chi connectivity index (χ1n) is 6.35. The normalized spacial score (nSPS) is 10.7. The van der Waals surface area contributed by atoms with Crippen LogP contribution >= 0.6 is 0 Å². The van der Waals surface area contributed by atoms with Crippen LogP contribution in [0.1, 0.15) is 37.0 Å². The lowest BCUT2D eigenvalue weighted by Gasteiger charge is -2.10. The van der Waals surface area contributed by atoms with Gasteiger partial charge in [-0.2, -0.15) is 0 Å². The number of hydrogen-bond donors (Lipinski definition) is 3. The molecule has 0 spiro atoms. The molecule has 1 rings (SSSR count). The number of carboxylic acid groups (broad SMARTS) is 1. The molecule has 0 fully saturated rings. The van der Waals surface area contributed by atoms with Crippen molar-refractivity contribution < 1.29 is 14.6 Å². The van der Waals surface area contributed by atoms with Crippen molar-refractivity contribution in [1.29, 1.82) is 0 Å². The molecule has 0 radical (unpaired) electrons. The topological polar surface area (TPSA) is 97.5 Å². The molecule has 0 unspecified atom stereocenters. The van der Waals surface area contributed by atoms with Gasteiger partial charge < -0.3 is 20.9 Å². The fourth-order valence-electron chi connectivity index (χ4n) is 1.50. The maximum atomic E-state index is 10.7. The predicted molar refractivity (Wildman–Crippen MR) is 74.4 cm³/mol. The van der Waals surface area contributed by atoms with Crippen molar-refractivity contribution in [2.75, 3.05) is 24.2 Å². The molecule has 0 amide bonds. The maximum absolute atomic E-state index is 10.7. The summed E-state index contributed by atoms with van der Waals surface area (Å²) in [6.07, 6.45) is 3.45. The van der Waals surface area contributed by atoms with Gasteiger partial charge in [0.05, 0.1) is 17.4 Å². The summed E-state index contributed by atoms with van der Waals surface area (Å²) in [5.41, 5.74) is 6.16. The summed E-state index contributed by atoms with van der Waals surface area (Å²) in [7, 11) is 0.